The predicted octanol–water partition coefficient (Wildman–Crippen LogP) is 2.49. The second-order valence-corrected chi connectivity index (χ2v) is 6.93. The molecule has 2 rings (SSSR count). The Balaban J connectivity index is 2.40. The number of sulfonamides is 1. The maximum atomic E-state index is 11.4. The van der Waals surface area contributed by atoms with Gasteiger partial charge in [0.1, 0.15) is 5.82 Å². The van der Waals surface area contributed by atoms with Crippen molar-refractivity contribution in [3.05, 3.63) is 46.4 Å². The topological polar surface area (TPSA) is 78.0 Å². The SMILES string of the molecule is CCCc1nc(S(N)(=O)=O)cn1Cc1ccc(C)cc1Cl. The number of benzene rings is 1. The first kappa shape index (κ1) is 16.0. The minimum atomic E-state index is -3.80. The summed E-state index contributed by atoms with van der Waals surface area (Å²) in [4.78, 5) is 4.12. The molecule has 0 spiro atoms. The molecule has 0 radical (unpaired) electrons. The fourth-order valence-electron chi connectivity index (χ4n) is 2.09. The number of aromatic nitrogens is 2. The molecular formula is C14H18ClN3O2S. The number of hydrogen-bond acceptors (Lipinski definition) is 3. The van der Waals surface area contributed by atoms with Crippen LogP contribution in [0.4, 0.5) is 0 Å². The summed E-state index contributed by atoms with van der Waals surface area (Å²) in [5.41, 5.74) is 1.99. The van der Waals surface area contributed by atoms with Crippen LogP contribution in [-0.2, 0) is 23.0 Å². The lowest BCUT2D eigenvalue weighted by atomic mass is 10.1. The summed E-state index contributed by atoms with van der Waals surface area (Å²) in [6.07, 6.45) is 3.01. The number of hydrogen-bond donors (Lipinski definition) is 1. The van der Waals surface area contributed by atoms with Gasteiger partial charge < -0.3 is 4.57 Å². The molecule has 0 saturated heterocycles. The number of rotatable bonds is 5. The van der Waals surface area contributed by atoms with Crippen LogP contribution >= 0.6 is 11.6 Å². The lowest BCUT2D eigenvalue weighted by Gasteiger charge is -2.09. The molecule has 0 bridgehead atoms. The van der Waals surface area contributed by atoms with Gasteiger partial charge in [0.2, 0.25) is 0 Å². The molecule has 0 amide bonds. The largest absolute Gasteiger partial charge is 0.329 e. The van der Waals surface area contributed by atoms with Gasteiger partial charge in [-0.1, -0.05) is 30.7 Å². The lowest BCUT2D eigenvalue weighted by Crippen LogP contribution is -2.12. The molecule has 0 aliphatic heterocycles. The lowest BCUT2D eigenvalue weighted by molar-refractivity contribution is 0.594. The first-order valence-electron chi connectivity index (χ1n) is 6.65. The van der Waals surface area contributed by atoms with Crippen LogP contribution in [0.25, 0.3) is 0 Å². The standard InChI is InChI=1S/C14H18ClN3O2S/c1-3-4-13-17-14(21(16,19)20)9-18(13)8-11-6-5-10(2)7-12(11)15/h5-7,9H,3-4,8H2,1-2H3,(H2,16,19,20). The molecule has 114 valence electrons. The van der Waals surface area contributed by atoms with E-state index in [1.165, 1.54) is 6.20 Å². The van der Waals surface area contributed by atoms with E-state index in [-0.39, 0.29) is 5.03 Å². The third-order valence-corrected chi connectivity index (χ3v) is 4.28. The molecule has 21 heavy (non-hydrogen) atoms. The van der Waals surface area contributed by atoms with Gasteiger partial charge in [0.25, 0.3) is 10.0 Å². The van der Waals surface area contributed by atoms with Gasteiger partial charge in [-0.15, -0.1) is 0 Å². The van der Waals surface area contributed by atoms with Gasteiger partial charge in [0.15, 0.2) is 5.03 Å². The molecule has 0 aliphatic rings. The molecule has 0 saturated carbocycles. The third-order valence-electron chi connectivity index (χ3n) is 3.15. The minimum absolute atomic E-state index is 0.103. The maximum absolute atomic E-state index is 11.4. The smallest absolute Gasteiger partial charge is 0.257 e. The highest BCUT2D eigenvalue weighted by Gasteiger charge is 2.16. The van der Waals surface area contributed by atoms with E-state index in [0.717, 1.165) is 17.5 Å². The third kappa shape index (κ3) is 3.84. The van der Waals surface area contributed by atoms with Crippen molar-refractivity contribution in [1.82, 2.24) is 9.55 Å². The van der Waals surface area contributed by atoms with Gasteiger partial charge in [-0.3, -0.25) is 0 Å². The zero-order valence-corrected chi connectivity index (χ0v) is 13.6. The minimum Gasteiger partial charge on any atom is -0.329 e. The Morgan fingerprint density at radius 2 is 2.10 bits per heavy atom. The van der Waals surface area contributed by atoms with E-state index < -0.39 is 10.0 Å². The fraction of sp³-hybridized carbons (Fsp3) is 0.357. The van der Waals surface area contributed by atoms with Gasteiger partial charge in [0.05, 0.1) is 6.54 Å². The number of primary sulfonamides is 1. The average Bonchev–Trinajstić information content (AvgIpc) is 2.76. The second kappa shape index (κ2) is 6.17. The van der Waals surface area contributed by atoms with E-state index in [0.29, 0.717) is 23.8 Å². The molecule has 2 N–H and O–H groups in total. The van der Waals surface area contributed by atoms with Crippen LogP contribution in [0.5, 0.6) is 0 Å². The number of halogens is 1. The van der Waals surface area contributed by atoms with Gasteiger partial charge >= 0.3 is 0 Å². The first-order chi connectivity index (χ1) is 9.81. The van der Waals surface area contributed by atoms with Gasteiger partial charge in [-0.25, -0.2) is 18.5 Å². The molecule has 0 atom stereocenters. The van der Waals surface area contributed by atoms with Crippen molar-refractivity contribution in [2.75, 3.05) is 0 Å². The van der Waals surface area contributed by atoms with E-state index >= 15 is 0 Å². The van der Waals surface area contributed by atoms with E-state index in [1.54, 1.807) is 4.57 Å². The van der Waals surface area contributed by atoms with Crippen molar-refractivity contribution in [3.63, 3.8) is 0 Å². The van der Waals surface area contributed by atoms with E-state index in [4.69, 9.17) is 16.7 Å². The predicted molar refractivity (Wildman–Crippen MR) is 82.9 cm³/mol. The summed E-state index contributed by atoms with van der Waals surface area (Å²) in [7, 11) is -3.80. The molecule has 0 aliphatic carbocycles. The zero-order valence-electron chi connectivity index (χ0n) is 12.0. The molecule has 1 heterocycles. The number of nitrogens with two attached hydrogens (primary N) is 1. The number of aryl methyl sites for hydroxylation is 2. The Bertz CT molecular complexity index is 754. The van der Waals surface area contributed by atoms with Crippen LogP contribution < -0.4 is 5.14 Å². The van der Waals surface area contributed by atoms with E-state index in [2.05, 4.69) is 4.98 Å². The van der Waals surface area contributed by atoms with Crippen molar-refractivity contribution in [2.45, 2.75) is 38.3 Å². The molecule has 1 aromatic carbocycles. The second-order valence-electron chi connectivity index (χ2n) is 5.01. The molecule has 7 heteroatoms. The Hall–Kier alpha value is -1.37. The summed E-state index contributed by atoms with van der Waals surface area (Å²) in [6.45, 7) is 4.44. The molecule has 2 aromatic rings. The van der Waals surface area contributed by atoms with Crippen molar-refractivity contribution < 1.29 is 8.42 Å². The molecular weight excluding hydrogens is 310 g/mol. The molecule has 0 fully saturated rings. The Labute approximate surface area is 129 Å². The summed E-state index contributed by atoms with van der Waals surface area (Å²) >= 11 is 6.23. The average molecular weight is 328 g/mol. The summed E-state index contributed by atoms with van der Waals surface area (Å²) in [5, 5.41) is 5.70. The highest BCUT2D eigenvalue weighted by atomic mass is 35.5. The highest BCUT2D eigenvalue weighted by Crippen LogP contribution is 2.20. The van der Waals surface area contributed by atoms with Crippen molar-refractivity contribution in [1.29, 1.82) is 0 Å². The van der Waals surface area contributed by atoms with Crippen molar-refractivity contribution >= 4 is 21.6 Å². The Morgan fingerprint density at radius 1 is 1.38 bits per heavy atom. The molecule has 1 aromatic heterocycles. The van der Waals surface area contributed by atoms with Crippen LogP contribution in [0.15, 0.2) is 29.4 Å². The Kier molecular flexibility index (Phi) is 4.70. The van der Waals surface area contributed by atoms with Crippen molar-refractivity contribution in [3.8, 4) is 0 Å². The monoisotopic (exact) mass is 327 g/mol. The summed E-state index contributed by atoms with van der Waals surface area (Å²) in [5.74, 6) is 0.693. The van der Waals surface area contributed by atoms with Crippen LogP contribution in [0, 0.1) is 6.92 Å². The fourth-order valence-corrected chi connectivity index (χ4v) is 2.89. The first-order valence-corrected chi connectivity index (χ1v) is 8.57. The van der Waals surface area contributed by atoms with Gasteiger partial charge in [-0.2, -0.15) is 0 Å². The zero-order chi connectivity index (χ0) is 15.6. The van der Waals surface area contributed by atoms with Crippen LogP contribution in [0.1, 0.15) is 30.3 Å². The van der Waals surface area contributed by atoms with Crippen LogP contribution in [0.3, 0.4) is 0 Å². The summed E-state index contributed by atoms with van der Waals surface area (Å²) < 4.78 is 24.7. The normalized spacial score (nSPS) is 11.8. The number of imidazole rings is 1. The van der Waals surface area contributed by atoms with Crippen LogP contribution in [-0.4, -0.2) is 18.0 Å². The highest BCUT2D eigenvalue weighted by molar-refractivity contribution is 7.89. The summed E-state index contributed by atoms with van der Waals surface area (Å²) in [6, 6.07) is 5.79. The van der Waals surface area contributed by atoms with Crippen LogP contribution in [0.2, 0.25) is 5.02 Å². The van der Waals surface area contributed by atoms with E-state index in [1.807, 2.05) is 32.0 Å². The number of nitrogens with zero attached hydrogens (tertiary/aromatic N) is 2. The van der Waals surface area contributed by atoms with Gasteiger partial charge in [-0.05, 0) is 30.5 Å². The Morgan fingerprint density at radius 3 is 2.67 bits per heavy atom. The quantitative estimate of drug-likeness (QED) is 0.916. The molecule has 0 unspecified atom stereocenters. The van der Waals surface area contributed by atoms with E-state index in [9.17, 15) is 8.42 Å². The van der Waals surface area contributed by atoms with Gasteiger partial charge in [0, 0.05) is 17.6 Å². The molecule has 5 nitrogen and oxygen atoms in total. The maximum Gasteiger partial charge on any atom is 0.257 e. The van der Waals surface area contributed by atoms with Crippen molar-refractivity contribution in [2.24, 2.45) is 5.14 Å².